The van der Waals surface area contributed by atoms with Gasteiger partial charge >= 0.3 is 5.82 Å². The lowest BCUT2D eigenvalue weighted by atomic mass is 10.2. The molecular weight excluding hydrogens is 358 g/mol. The lowest BCUT2D eigenvalue weighted by Gasteiger charge is -2.04. The molecule has 0 spiro atoms. The summed E-state index contributed by atoms with van der Waals surface area (Å²) in [7, 11) is 0. The molecule has 0 unspecified atom stereocenters. The van der Waals surface area contributed by atoms with Gasteiger partial charge in [-0.3, -0.25) is 0 Å². The molecule has 0 aliphatic heterocycles. The number of thiocarbonyl (C=S) groups is 1. The maximum atomic E-state index is 5.48. The van der Waals surface area contributed by atoms with Gasteiger partial charge in [-0.1, -0.05) is 71.5 Å². The van der Waals surface area contributed by atoms with E-state index in [-0.39, 0.29) is 0 Å². The molecule has 4 rings (SSSR count). The van der Waals surface area contributed by atoms with Crippen LogP contribution in [0, 0.1) is 0 Å². The van der Waals surface area contributed by atoms with Gasteiger partial charge in [0.15, 0.2) is 0 Å². The summed E-state index contributed by atoms with van der Waals surface area (Å²) in [5.74, 6) is 1.56. The molecule has 0 N–H and O–H groups in total. The summed E-state index contributed by atoms with van der Waals surface area (Å²) in [5.41, 5.74) is 2.93. The van der Waals surface area contributed by atoms with Gasteiger partial charge in [-0.05, 0) is 36.4 Å². The Labute approximate surface area is 163 Å². The van der Waals surface area contributed by atoms with Crippen LogP contribution in [0.15, 0.2) is 91.0 Å². The highest BCUT2D eigenvalue weighted by atomic mass is 32.1. The normalized spacial score (nSPS) is 10.7. The van der Waals surface area contributed by atoms with Crippen molar-refractivity contribution < 1.29 is 4.57 Å². The molecule has 0 fully saturated rings. The first-order chi connectivity index (χ1) is 12.8. The third kappa shape index (κ3) is 3.07. The van der Waals surface area contributed by atoms with Crippen molar-refractivity contribution in [2.75, 3.05) is 0 Å². The first-order valence-electron chi connectivity index (χ1n) is 8.20. The number of thiol groups is 1. The molecule has 0 amide bonds. The van der Waals surface area contributed by atoms with Crippen LogP contribution in [0.25, 0.3) is 22.8 Å². The average Bonchev–Trinajstić information content (AvgIpc) is 3.11. The molecule has 0 saturated carbocycles. The number of hydrogen-bond acceptors (Lipinski definition) is 2. The van der Waals surface area contributed by atoms with Crippen molar-refractivity contribution in [3.8, 4) is 22.8 Å². The standard InChI is InChI=1S/C21H15N3S2/c25-21(26)20-23(17-12-6-2-7-13-17)19(16-10-4-1-5-11-16)22-24(20)18-14-8-3-9-15-18/h1-15H/p+1. The van der Waals surface area contributed by atoms with Crippen molar-refractivity contribution in [2.45, 2.75) is 0 Å². The number of rotatable bonds is 4. The number of aromatic nitrogens is 3. The van der Waals surface area contributed by atoms with E-state index in [1.165, 1.54) is 0 Å². The van der Waals surface area contributed by atoms with E-state index in [9.17, 15) is 0 Å². The highest BCUT2D eigenvalue weighted by Crippen LogP contribution is 2.20. The second kappa shape index (κ2) is 7.23. The van der Waals surface area contributed by atoms with Gasteiger partial charge in [-0.25, -0.2) is 0 Å². The van der Waals surface area contributed by atoms with Crippen molar-refractivity contribution in [3.63, 3.8) is 0 Å². The quantitative estimate of drug-likeness (QED) is 0.324. The summed E-state index contributed by atoms with van der Waals surface area (Å²) >= 11 is 9.99. The van der Waals surface area contributed by atoms with E-state index < -0.39 is 0 Å². The minimum absolute atomic E-state index is 0.479. The van der Waals surface area contributed by atoms with Crippen LogP contribution >= 0.6 is 24.8 Å². The smallest absolute Gasteiger partial charge is 0.188 e. The second-order valence-corrected chi connectivity index (χ2v) is 6.89. The third-order valence-corrected chi connectivity index (χ3v) is 4.44. The average molecular weight is 375 g/mol. The first kappa shape index (κ1) is 16.7. The zero-order chi connectivity index (χ0) is 17.9. The Morgan fingerprint density at radius 2 is 1.35 bits per heavy atom. The molecule has 3 nitrogen and oxygen atoms in total. The molecule has 26 heavy (non-hydrogen) atoms. The van der Waals surface area contributed by atoms with E-state index >= 15 is 0 Å². The fraction of sp³-hybridized carbons (Fsp3) is 0. The summed E-state index contributed by atoms with van der Waals surface area (Å²) in [6, 6.07) is 30.1. The monoisotopic (exact) mass is 374 g/mol. The van der Waals surface area contributed by atoms with E-state index in [0.29, 0.717) is 4.20 Å². The summed E-state index contributed by atoms with van der Waals surface area (Å²) in [6.45, 7) is 0. The van der Waals surface area contributed by atoms with E-state index in [0.717, 1.165) is 28.6 Å². The van der Waals surface area contributed by atoms with Gasteiger partial charge in [0.1, 0.15) is 15.6 Å². The summed E-state index contributed by atoms with van der Waals surface area (Å²) < 4.78 is 4.38. The van der Waals surface area contributed by atoms with E-state index in [1.807, 2.05) is 95.7 Å². The fourth-order valence-electron chi connectivity index (χ4n) is 2.91. The maximum absolute atomic E-state index is 5.48. The highest BCUT2D eigenvalue weighted by molar-refractivity contribution is 8.11. The van der Waals surface area contributed by atoms with Crippen LogP contribution < -0.4 is 4.57 Å². The van der Waals surface area contributed by atoms with Crippen molar-refractivity contribution in [1.29, 1.82) is 0 Å². The predicted molar refractivity (Wildman–Crippen MR) is 111 cm³/mol. The Morgan fingerprint density at radius 1 is 0.808 bits per heavy atom. The van der Waals surface area contributed by atoms with Crippen molar-refractivity contribution >= 4 is 29.0 Å². The summed E-state index contributed by atoms with van der Waals surface area (Å²) in [6.07, 6.45) is 0. The van der Waals surface area contributed by atoms with E-state index in [4.69, 9.17) is 17.3 Å². The van der Waals surface area contributed by atoms with Gasteiger partial charge in [0, 0.05) is 0 Å². The van der Waals surface area contributed by atoms with Crippen LogP contribution in [0.5, 0.6) is 0 Å². The minimum atomic E-state index is 0.479. The lowest BCUT2D eigenvalue weighted by Crippen LogP contribution is -2.38. The molecule has 1 heterocycles. The van der Waals surface area contributed by atoms with Crippen LogP contribution in [-0.4, -0.2) is 14.0 Å². The fourth-order valence-corrected chi connectivity index (χ4v) is 3.29. The molecule has 5 heteroatoms. The molecule has 0 radical (unpaired) electrons. The van der Waals surface area contributed by atoms with Gasteiger partial charge in [0.2, 0.25) is 0 Å². The minimum Gasteiger partial charge on any atom is -0.188 e. The topological polar surface area (TPSA) is 21.7 Å². The molecule has 0 saturated heterocycles. The third-order valence-electron chi connectivity index (χ3n) is 4.06. The van der Waals surface area contributed by atoms with Crippen molar-refractivity contribution in [1.82, 2.24) is 9.78 Å². The summed E-state index contributed by atoms with van der Waals surface area (Å²) in [5, 5.41) is 4.89. The Morgan fingerprint density at radius 3 is 1.92 bits per heavy atom. The van der Waals surface area contributed by atoms with Crippen molar-refractivity contribution in [3.05, 3.63) is 96.8 Å². The molecular formula is C21H16N3S2+. The largest absolute Gasteiger partial charge is 0.314 e. The molecule has 3 aromatic carbocycles. The second-order valence-electron chi connectivity index (χ2n) is 5.74. The van der Waals surface area contributed by atoms with Gasteiger partial charge < -0.3 is 0 Å². The van der Waals surface area contributed by atoms with Crippen LogP contribution in [0.2, 0.25) is 0 Å². The Balaban J connectivity index is 2.07. The van der Waals surface area contributed by atoms with Crippen LogP contribution in [0.3, 0.4) is 0 Å². The number of nitrogens with zero attached hydrogens (tertiary/aromatic N) is 3. The molecule has 0 atom stereocenters. The van der Waals surface area contributed by atoms with Gasteiger partial charge in [-0.2, -0.15) is 4.57 Å². The Kier molecular flexibility index (Phi) is 4.65. The molecule has 0 bridgehead atoms. The zero-order valence-corrected chi connectivity index (χ0v) is 15.6. The van der Waals surface area contributed by atoms with Crippen molar-refractivity contribution in [2.24, 2.45) is 0 Å². The van der Waals surface area contributed by atoms with Gasteiger partial charge in [0.25, 0.3) is 5.82 Å². The Bertz CT molecular complexity index is 1040. The zero-order valence-electron chi connectivity index (χ0n) is 13.9. The number of para-hydroxylation sites is 2. The molecule has 1 aromatic heterocycles. The van der Waals surface area contributed by atoms with Gasteiger partial charge in [0.05, 0.1) is 10.7 Å². The van der Waals surface area contributed by atoms with Gasteiger partial charge in [-0.15, -0.1) is 12.6 Å². The molecule has 0 aliphatic carbocycles. The van der Waals surface area contributed by atoms with Crippen LogP contribution in [-0.2, 0) is 0 Å². The molecule has 0 aliphatic rings. The van der Waals surface area contributed by atoms with Crippen LogP contribution in [0.4, 0.5) is 0 Å². The lowest BCUT2D eigenvalue weighted by molar-refractivity contribution is -0.585. The SMILES string of the molecule is S=C(S)c1n(-c2ccccc2)nc(-c2ccccc2)[n+]1-c1ccccc1. The number of benzene rings is 3. The number of hydrogen-bond donors (Lipinski definition) is 1. The maximum Gasteiger partial charge on any atom is 0.314 e. The molecule has 126 valence electrons. The predicted octanol–water partition coefficient (Wildman–Crippen LogP) is 4.42. The highest BCUT2D eigenvalue weighted by Gasteiger charge is 2.30. The first-order valence-corrected chi connectivity index (χ1v) is 9.06. The molecule has 4 aromatic rings. The summed E-state index contributed by atoms with van der Waals surface area (Å²) in [4.78, 5) is 0. The van der Waals surface area contributed by atoms with E-state index in [2.05, 4.69) is 17.2 Å². The van der Waals surface area contributed by atoms with E-state index in [1.54, 1.807) is 0 Å². The van der Waals surface area contributed by atoms with Crippen LogP contribution in [0.1, 0.15) is 5.82 Å². The Hall–Kier alpha value is -2.76.